The fourth-order valence-corrected chi connectivity index (χ4v) is 2.78. The van der Waals surface area contributed by atoms with E-state index in [1.165, 1.54) is 12.8 Å². The fourth-order valence-electron chi connectivity index (χ4n) is 2.78. The monoisotopic (exact) mass is 268 g/mol. The van der Waals surface area contributed by atoms with Gasteiger partial charge in [-0.3, -0.25) is 10.1 Å². The van der Waals surface area contributed by atoms with Crippen LogP contribution in [0.2, 0.25) is 0 Å². The van der Waals surface area contributed by atoms with E-state index < -0.39 is 0 Å². The van der Waals surface area contributed by atoms with Gasteiger partial charge >= 0.3 is 0 Å². The summed E-state index contributed by atoms with van der Waals surface area (Å²) in [6, 6.07) is 0.0499. The van der Waals surface area contributed by atoms with Crippen LogP contribution >= 0.6 is 0 Å². The maximum absolute atomic E-state index is 12.3. The van der Waals surface area contributed by atoms with Crippen molar-refractivity contribution in [1.29, 1.82) is 0 Å². The van der Waals surface area contributed by atoms with Gasteiger partial charge in [0.25, 0.3) is 0 Å². The first-order valence-electron chi connectivity index (χ1n) is 8.02. The third kappa shape index (κ3) is 5.13. The molecule has 0 bridgehead atoms. The van der Waals surface area contributed by atoms with Gasteiger partial charge in [0.2, 0.25) is 5.91 Å². The summed E-state index contributed by atoms with van der Waals surface area (Å²) in [5.74, 6) is 1.71. The Balaban J connectivity index is 2.47. The Morgan fingerprint density at radius 2 is 1.84 bits per heavy atom. The molecule has 0 aromatic rings. The molecular weight excluding hydrogens is 236 g/mol. The van der Waals surface area contributed by atoms with Crippen molar-refractivity contribution >= 4 is 5.91 Å². The molecule has 1 rings (SSSR count). The molecule has 0 radical (unpaired) electrons. The Bertz CT molecular complexity index is 276. The Labute approximate surface area is 119 Å². The summed E-state index contributed by atoms with van der Waals surface area (Å²) in [7, 11) is 0. The van der Waals surface area contributed by atoms with Gasteiger partial charge in [-0.25, -0.2) is 0 Å². The number of hydrogen-bond donors (Lipinski definition) is 1. The van der Waals surface area contributed by atoms with Crippen molar-refractivity contribution in [1.82, 2.24) is 10.2 Å². The van der Waals surface area contributed by atoms with Crippen molar-refractivity contribution in [2.75, 3.05) is 6.54 Å². The van der Waals surface area contributed by atoms with Crippen molar-refractivity contribution < 1.29 is 4.79 Å². The van der Waals surface area contributed by atoms with E-state index in [9.17, 15) is 4.79 Å². The molecule has 0 saturated carbocycles. The molecule has 112 valence electrons. The molecule has 3 heteroatoms. The van der Waals surface area contributed by atoms with Gasteiger partial charge in [0.1, 0.15) is 0 Å². The molecule has 2 unspecified atom stereocenters. The highest BCUT2D eigenvalue weighted by Crippen LogP contribution is 2.20. The first-order valence-corrected chi connectivity index (χ1v) is 8.02. The predicted octanol–water partition coefficient (Wildman–Crippen LogP) is 3.40. The maximum atomic E-state index is 12.3. The zero-order chi connectivity index (χ0) is 14.4. The van der Waals surface area contributed by atoms with Gasteiger partial charge < -0.3 is 4.90 Å². The molecule has 1 N–H and O–H groups in total. The van der Waals surface area contributed by atoms with Gasteiger partial charge in [0.15, 0.2) is 0 Å². The van der Waals surface area contributed by atoms with Crippen molar-refractivity contribution in [3.05, 3.63) is 0 Å². The van der Waals surface area contributed by atoms with Gasteiger partial charge in [-0.15, -0.1) is 0 Å². The average molecular weight is 268 g/mol. The largest absolute Gasteiger partial charge is 0.326 e. The highest BCUT2D eigenvalue weighted by Gasteiger charge is 2.37. The number of nitrogens with one attached hydrogen (secondary N) is 1. The number of amides is 1. The first kappa shape index (κ1) is 16.5. The minimum Gasteiger partial charge on any atom is -0.326 e. The van der Waals surface area contributed by atoms with E-state index >= 15 is 0 Å². The molecule has 1 aliphatic rings. The molecule has 1 saturated heterocycles. The van der Waals surface area contributed by atoms with E-state index in [-0.39, 0.29) is 12.2 Å². The molecule has 0 spiro atoms. The normalized spacial score (nSPS) is 23.9. The van der Waals surface area contributed by atoms with E-state index in [1.54, 1.807) is 0 Å². The minimum atomic E-state index is 0.0499. The van der Waals surface area contributed by atoms with Crippen LogP contribution in [0.4, 0.5) is 0 Å². The summed E-state index contributed by atoms with van der Waals surface area (Å²) >= 11 is 0. The zero-order valence-corrected chi connectivity index (χ0v) is 13.4. The lowest BCUT2D eigenvalue weighted by Gasteiger charge is -2.25. The molecule has 3 nitrogen and oxygen atoms in total. The van der Waals surface area contributed by atoms with E-state index in [0.717, 1.165) is 31.7 Å². The topological polar surface area (TPSA) is 32.3 Å². The lowest BCUT2D eigenvalue weighted by Crippen LogP contribution is -2.39. The predicted molar refractivity (Wildman–Crippen MR) is 80.9 cm³/mol. The standard InChI is InChI=1S/C16H32N2O/c1-6-14-16(19)18(10-8-7-9-12(2)3)15(17-14)11-13(4)5/h12-15,17H,6-11H2,1-5H3. The summed E-state index contributed by atoms with van der Waals surface area (Å²) in [6.45, 7) is 12.0. The number of unbranched alkanes of at least 4 members (excludes halogenated alkanes) is 1. The number of rotatable bonds is 8. The van der Waals surface area contributed by atoms with Crippen molar-refractivity contribution in [3.8, 4) is 0 Å². The highest BCUT2D eigenvalue weighted by molar-refractivity contribution is 5.84. The molecule has 1 amide bonds. The quantitative estimate of drug-likeness (QED) is 0.684. The van der Waals surface area contributed by atoms with Crippen LogP contribution in [0, 0.1) is 11.8 Å². The van der Waals surface area contributed by atoms with Crippen LogP contribution in [-0.2, 0) is 4.79 Å². The number of nitrogens with zero attached hydrogens (tertiary/aromatic N) is 1. The van der Waals surface area contributed by atoms with Gasteiger partial charge in [-0.1, -0.05) is 47.5 Å². The van der Waals surface area contributed by atoms with E-state index in [0.29, 0.717) is 11.8 Å². The van der Waals surface area contributed by atoms with Crippen molar-refractivity contribution in [2.24, 2.45) is 11.8 Å². The Morgan fingerprint density at radius 3 is 2.37 bits per heavy atom. The molecule has 1 aliphatic heterocycles. The number of hydrogen-bond acceptors (Lipinski definition) is 2. The lowest BCUT2D eigenvalue weighted by atomic mass is 10.1. The molecule has 0 aliphatic carbocycles. The molecule has 0 aromatic carbocycles. The van der Waals surface area contributed by atoms with Crippen LogP contribution in [-0.4, -0.2) is 29.6 Å². The molecule has 0 aromatic heterocycles. The van der Waals surface area contributed by atoms with Crippen molar-refractivity contribution in [2.45, 2.75) is 78.9 Å². The molecule has 1 fully saturated rings. The first-order chi connectivity index (χ1) is 8.95. The smallest absolute Gasteiger partial charge is 0.241 e. The summed E-state index contributed by atoms with van der Waals surface area (Å²) in [4.78, 5) is 14.4. The number of carbonyl (C=O) groups is 1. The van der Waals surface area contributed by atoms with Crippen LogP contribution in [0.25, 0.3) is 0 Å². The minimum absolute atomic E-state index is 0.0499. The molecule has 1 heterocycles. The fraction of sp³-hybridized carbons (Fsp3) is 0.938. The van der Waals surface area contributed by atoms with Crippen LogP contribution in [0.1, 0.15) is 66.7 Å². The Morgan fingerprint density at radius 1 is 1.16 bits per heavy atom. The third-order valence-electron chi connectivity index (χ3n) is 3.88. The average Bonchev–Trinajstić information content (AvgIpc) is 2.60. The zero-order valence-electron chi connectivity index (χ0n) is 13.4. The Kier molecular flexibility index (Phi) is 6.84. The second-order valence-corrected chi connectivity index (χ2v) is 6.69. The van der Waals surface area contributed by atoms with E-state index in [2.05, 4.69) is 44.8 Å². The second kappa shape index (κ2) is 7.88. The summed E-state index contributed by atoms with van der Waals surface area (Å²) in [6.07, 6.45) is 5.85. The summed E-state index contributed by atoms with van der Waals surface area (Å²) in [5, 5.41) is 3.50. The Hall–Kier alpha value is -0.570. The second-order valence-electron chi connectivity index (χ2n) is 6.69. The maximum Gasteiger partial charge on any atom is 0.241 e. The van der Waals surface area contributed by atoms with Gasteiger partial charge in [-0.05, 0) is 31.1 Å². The lowest BCUT2D eigenvalue weighted by molar-refractivity contribution is -0.130. The molecular formula is C16H32N2O. The SMILES string of the molecule is CCC1NC(CC(C)C)N(CCCCC(C)C)C1=O. The van der Waals surface area contributed by atoms with Crippen molar-refractivity contribution in [3.63, 3.8) is 0 Å². The van der Waals surface area contributed by atoms with Gasteiger partial charge in [0.05, 0.1) is 12.2 Å². The number of carbonyl (C=O) groups excluding carboxylic acids is 1. The molecule has 2 atom stereocenters. The molecule has 19 heavy (non-hydrogen) atoms. The third-order valence-corrected chi connectivity index (χ3v) is 3.88. The summed E-state index contributed by atoms with van der Waals surface area (Å²) < 4.78 is 0. The summed E-state index contributed by atoms with van der Waals surface area (Å²) in [5.41, 5.74) is 0. The van der Waals surface area contributed by atoms with Gasteiger partial charge in [-0.2, -0.15) is 0 Å². The van der Waals surface area contributed by atoms with Crippen LogP contribution in [0.15, 0.2) is 0 Å². The van der Waals surface area contributed by atoms with E-state index in [1.807, 2.05) is 0 Å². The van der Waals surface area contributed by atoms with Crippen LogP contribution in [0.5, 0.6) is 0 Å². The van der Waals surface area contributed by atoms with Crippen LogP contribution < -0.4 is 5.32 Å². The van der Waals surface area contributed by atoms with E-state index in [4.69, 9.17) is 0 Å². The highest BCUT2D eigenvalue weighted by atomic mass is 16.2. The van der Waals surface area contributed by atoms with Crippen LogP contribution in [0.3, 0.4) is 0 Å². The van der Waals surface area contributed by atoms with Gasteiger partial charge in [0, 0.05) is 6.54 Å².